The third kappa shape index (κ3) is 5.32. The average molecular weight is 409 g/mol. The van der Waals surface area contributed by atoms with Crippen LogP contribution >= 0.6 is 11.3 Å². The van der Waals surface area contributed by atoms with Gasteiger partial charge in [-0.05, 0) is 31.2 Å². The molecule has 0 N–H and O–H groups in total. The Morgan fingerprint density at radius 2 is 1.64 bits per heavy atom. The fourth-order valence-corrected chi connectivity index (χ4v) is 3.13. The Hall–Kier alpha value is -2.87. The molecule has 3 aromatic rings. The van der Waals surface area contributed by atoms with Crippen LogP contribution < -0.4 is 9.47 Å². The maximum absolute atomic E-state index is 12.6. The summed E-state index contributed by atoms with van der Waals surface area (Å²) in [7, 11) is 0. The fourth-order valence-electron chi connectivity index (χ4n) is 2.41. The quantitative estimate of drug-likeness (QED) is 0.418. The van der Waals surface area contributed by atoms with Crippen LogP contribution in [0, 0.1) is 6.92 Å². The highest BCUT2D eigenvalue weighted by Crippen LogP contribution is 2.30. The number of aryl methyl sites for hydroxylation is 1. The van der Waals surface area contributed by atoms with E-state index in [9.17, 15) is 17.6 Å². The van der Waals surface area contributed by atoms with Gasteiger partial charge in [0.25, 0.3) is 0 Å². The first kappa shape index (κ1) is 19.9. The zero-order valence-corrected chi connectivity index (χ0v) is 15.4. The summed E-state index contributed by atoms with van der Waals surface area (Å²) in [4.78, 5) is 4.49. The molecule has 3 rings (SSSR count). The highest BCUT2D eigenvalue weighted by Gasteiger charge is 2.12. The van der Waals surface area contributed by atoms with Gasteiger partial charge in [-0.3, -0.25) is 0 Å². The van der Waals surface area contributed by atoms with Crippen molar-refractivity contribution in [3.05, 3.63) is 64.0 Å². The first-order chi connectivity index (χ1) is 13.4. The second-order valence-corrected chi connectivity index (χ2v) is 6.62. The number of alkyl halides is 4. The molecule has 0 spiro atoms. The minimum Gasteiger partial charge on any atom is -0.435 e. The minimum atomic E-state index is -3.10. The third-order valence-corrected chi connectivity index (χ3v) is 4.51. The maximum atomic E-state index is 12.6. The summed E-state index contributed by atoms with van der Waals surface area (Å²) in [5, 5.41) is 2.55. The lowest BCUT2D eigenvalue weighted by Crippen LogP contribution is -2.05. The molecule has 3 nitrogen and oxygen atoms in total. The molecule has 0 saturated heterocycles. The molecule has 0 fully saturated rings. The molecule has 0 bridgehead atoms. The van der Waals surface area contributed by atoms with Crippen molar-refractivity contribution >= 4 is 23.5 Å². The van der Waals surface area contributed by atoms with Gasteiger partial charge < -0.3 is 9.47 Å². The first-order valence-corrected chi connectivity index (χ1v) is 9.03. The largest absolute Gasteiger partial charge is 0.435 e. The molecule has 146 valence electrons. The number of ether oxygens (including phenoxy) is 2. The van der Waals surface area contributed by atoms with E-state index >= 15 is 0 Å². The van der Waals surface area contributed by atoms with Crippen LogP contribution in [0.4, 0.5) is 17.6 Å². The Morgan fingerprint density at radius 1 is 0.929 bits per heavy atom. The van der Waals surface area contributed by atoms with Crippen molar-refractivity contribution in [3.63, 3.8) is 0 Å². The summed E-state index contributed by atoms with van der Waals surface area (Å²) in [6, 6.07) is 11.5. The van der Waals surface area contributed by atoms with E-state index in [0.717, 1.165) is 22.9 Å². The van der Waals surface area contributed by atoms with Gasteiger partial charge in [0.15, 0.2) is 0 Å². The van der Waals surface area contributed by atoms with Crippen LogP contribution in [0.5, 0.6) is 11.5 Å². The standard InChI is InChI=1S/C20H15F4NO2S/c1-12-2-4-13(5-3-12)16-11-28-18(25-16)9-7-14-6-8-15(26-19(21)22)10-17(14)27-20(23)24/h2-11,19-20H,1H3/b9-7+. The van der Waals surface area contributed by atoms with Gasteiger partial charge in [-0.15, -0.1) is 11.3 Å². The van der Waals surface area contributed by atoms with Crippen molar-refractivity contribution < 1.29 is 27.0 Å². The molecular weight excluding hydrogens is 394 g/mol. The zero-order chi connectivity index (χ0) is 20.1. The Balaban J connectivity index is 1.82. The molecule has 0 amide bonds. The van der Waals surface area contributed by atoms with E-state index in [-0.39, 0.29) is 17.1 Å². The van der Waals surface area contributed by atoms with Gasteiger partial charge in [-0.1, -0.05) is 29.8 Å². The monoisotopic (exact) mass is 409 g/mol. The smallest absolute Gasteiger partial charge is 0.387 e. The zero-order valence-electron chi connectivity index (χ0n) is 14.6. The van der Waals surface area contributed by atoms with E-state index in [2.05, 4.69) is 14.5 Å². The van der Waals surface area contributed by atoms with Crippen LogP contribution in [0.3, 0.4) is 0 Å². The van der Waals surface area contributed by atoms with Crippen LogP contribution in [0.2, 0.25) is 0 Å². The lowest BCUT2D eigenvalue weighted by Gasteiger charge is -2.11. The van der Waals surface area contributed by atoms with Crippen molar-refractivity contribution in [2.45, 2.75) is 20.1 Å². The van der Waals surface area contributed by atoms with Crippen molar-refractivity contribution in [3.8, 4) is 22.8 Å². The predicted molar refractivity (Wildman–Crippen MR) is 101 cm³/mol. The molecule has 0 atom stereocenters. The van der Waals surface area contributed by atoms with Crippen LogP contribution in [-0.4, -0.2) is 18.2 Å². The normalized spacial score (nSPS) is 11.5. The molecule has 0 aliphatic carbocycles. The lowest BCUT2D eigenvalue weighted by molar-refractivity contribution is -0.0543. The third-order valence-electron chi connectivity index (χ3n) is 3.70. The second-order valence-electron chi connectivity index (χ2n) is 5.73. The summed E-state index contributed by atoms with van der Waals surface area (Å²) in [5.41, 5.74) is 3.20. The number of benzene rings is 2. The van der Waals surface area contributed by atoms with E-state index in [1.807, 2.05) is 36.6 Å². The molecular formula is C20H15F4NO2S. The fraction of sp³-hybridized carbons (Fsp3) is 0.150. The second kappa shape index (κ2) is 8.88. The molecule has 1 aromatic heterocycles. The Kier molecular flexibility index (Phi) is 6.30. The van der Waals surface area contributed by atoms with Crippen molar-refractivity contribution in [1.29, 1.82) is 0 Å². The topological polar surface area (TPSA) is 31.4 Å². The number of aromatic nitrogens is 1. The van der Waals surface area contributed by atoms with Gasteiger partial charge in [-0.2, -0.15) is 17.6 Å². The number of hydrogen-bond acceptors (Lipinski definition) is 4. The van der Waals surface area contributed by atoms with Gasteiger partial charge >= 0.3 is 13.2 Å². The predicted octanol–water partition coefficient (Wildman–Crippen LogP) is 6.49. The van der Waals surface area contributed by atoms with Crippen LogP contribution in [0.25, 0.3) is 23.4 Å². The molecule has 0 saturated carbocycles. The number of thiazole rings is 1. The molecule has 8 heteroatoms. The van der Waals surface area contributed by atoms with Gasteiger partial charge in [0.05, 0.1) is 5.69 Å². The maximum Gasteiger partial charge on any atom is 0.387 e. The van der Waals surface area contributed by atoms with E-state index < -0.39 is 13.2 Å². The van der Waals surface area contributed by atoms with E-state index in [0.29, 0.717) is 5.01 Å². The molecule has 0 radical (unpaired) electrons. The van der Waals surface area contributed by atoms with Crippen LogP contribution in [-0.2, 0) is 0 Å². The highest BCUT2D eigenvalue weighted by molar-refractivity contribution is 7.10. The van der Waals surface area contributed by atoms with E-state index in [1.165, 1.54) is 29.5 Å². The summed E-state index contributed by atoms with van der Waals surface area (Å²) in [6.07, 6.45) is 3.17. The van der Waals surface area contributed by atoms with Crippen molar-refractivity contribution in [2.24, 2.45) is 0 Å². The van der Waals surface area contributed by atoms with Gasteiger partial charge in [-0.25, -0.2) is 4.98 Å². The molecule has 1 heterocycles. The highest BCUT2D eigenvalue weighted by atomic mass is 32.1. The number of rotatable bonds is 7. The molecule has 0 unspecified atom stereocenters. The van der Waals surface area contributed by atoms with Gasteiger partial charge in [0.2, 0.25) is 0 Å². The Labute approximate surface area is 162 Å². The summed E-state index contributed by atoms with van der Waals surface area (Å²) in [6.45, 7) is -4.16. The molecule has 0 aliphatic rings. The summed E-state index contributed by atoms with van der Waals surface area (Å²) in [5.74, 6) is -0.529. The van der Waals surface area contributed by atoms with Gasteiger partial charge in [0, 0.05) is 22.6 Å². The summed E-state index contributed by atoms with van der Waals surface area (Å²) < 4.78 is 58.5. The minimum absolute atomic E-state index is 0.264. The number of nitrogens with zero attached hydrogens (tertiary/aromatic N) is 1. The Bertz CT molecular complexity index is 955. The molecule has 2 aromatic carbocycles. The number of hydrogen-bond donors (Lipinski definition) is 0. The molecule has 0 aliphatic heterocycles. The Morgan fingerprint density at radius 3 is 2.32 bits per heavy atom. The van der Waals surface area contributed by atoms with Gasteiger partial charge in [0.1, 0.15) is 16.5 Å². The average Bonchev–Trinajstić information content (AvgIpc) is 3.09. The van der Waals surface area contributed by atoms with Crippen molar-refractivity contribution in [2.75, 3.05) is 0 Å². The first-order valence-electron chi connectivity index (χ1n) is 8.15. The van der Waals surface area contributed by atoms with Crippen LogP contribution in [0.1, 0.15) is 16.1 Å². The van der Waals surface area contributed by atoms with E-state index in [4.69, 9.17) is 0 Å². The molecule has 28 heavy (non-hydrogen) atoms. The van der Waals surface area contributed by atoms with E-state index in [1.54, 1.807) is 6.08 Å². The van der Waals surface area contributed by atoms with Crippen molar-refractivity contribution in [1.82, 2.24) is 4.98 Å². The summed E-state index contributed by atoms with van der Waals surface area (Å²) >= 11 is 1.39. The number of halogens is 4. The van der Waals surface area contributed by atoms with Crippen LogP contribution in [0.15, 0.2) is 47.8 Å². The SMILES string of the molecule is Cc1ccc(-c2csc(/C=C/c3ccc(OC(F)F)cc3OC(F)F)n2)cc1. The lowest BCUT2D eigenvalue weighted by atomic mass is 10.1.